The third kappa shape index (κ3) is 2.37. The van der Waals surface area contributed by atoms with Gasteiger partial charge in [0.25, 0.3) is 5.56 Å². The first-order valence-electron chi connectivity index (χ1n) is 6.24. The lowest BCUT2D eigenvalue weighted by atomic mass is 10.1. The summed E-state index contributed by atoms with van der Waals surface area (Å²) in [5, 5.41) is 8.82. The van der Waals surface area contributed by atoms with Crippen LogP contribution in [0, 0.1) is 6.92 Å². The minimum Gasteiger partial charge on any atom is -0.481 e. The molecule has 0 saturated carbocycles. The fraction of sp³-hybridized carbons (Fsp3) is 0.286. The molecule has 2 rings (SSSR count). The molecule has 0 radical (unpaired) electrons. The molecule has 6 nitrogen and oxygen atoms in total. The predicted octanol–water partition coefficient (Wildman–Crippen LogP) is 0.959. The summed E-state index contributed by atoms with van der Waals surface area (Å²) in [6.45, 7) is 1.76. The van der Waals surface area contributed by atoms with Gasteiger partial charge in [-0.05, 0) is 19.1 Å². The number of rotatable bonds is 4. The van der Waals surface area contributed by atoms with E-state index in [-0.39, 0.29) is 12.0 Å². The van der Waals surface area contributed by atoms with Gasteiger partial charge in [-0.3, -0.25) is 14.3 Å². The molecule has 0 amide bonds. The minimum absolute atomic E-state index is 0.269. The molecule has 0 aliphatic heterocycles. The van der Waals surface area contributed by atoms with Crippen LogP contribution in [-0.2, 0) is 11.8 Å². The van der Waals surface area contributed by atoms with Gasteiger partial charge >= 0.3 is 5.97 Å². The van der Waals surface area contributed by atoms with Crippen LogP contribution >= 0.6 is 0 Å². The molecule has 1 heterocycles. The molecule has 2 aromatic rings. The number of aliphatic carboxylic acids is 1. The summed E-state index contributed by atoms with van der Waals surface area (Å²) in [5.41, 5.74) is 7.32. The second-order valence-corrected chi connectivity index (χ2v) is 4.68. The number of carboxylic acid groups (broad SMARTS) is 1. The largest absolute Gasteiger partial charge is 0.481 e. The molecule has 0 saturated heterocycles. The first-order chi connectivity index (χ1) is 9.43. The fourth-order valence-corrected chi connectivity index (χ4v) is 2.31. The maximum Gasteiger partial charge on any atom is 0.305 e. The van der Waals surface area contributed by atoms with E-state index in [4.69, 9.17) is 10.8 Å². The Morgan fingerprint density at radius 3 is 2.50 bits per heavy atom. The Kier molecular flexibility index (Phi) is 3.76. The van der Waals surface area contributed by atoms with Crippen molar-refractivity contribution >= 4 is 5.97 Å². The van der Waals surface area contributed by atoms with Crippen molar-refractivity contribution in [2.24, 2.45) is 12.8 Å². The Bertz CT molecular complexity index is 686. The third-order valence-electron chi connectivity index (χ3n) is 3.36. The van der Waals surface area contributed by atoms with Crippen LogP contribution < -0.4 is 11.3 Å². The smallest absolute Gasteiger partial charge is 0.305 e. The van der Waals surface area contributed by atoms with Gasteiger partial charge in [-0.25, -0.2) is 4.68 Å². The van der Waals surface area contributed by atoms with Crippen molar-refractivity contribution in [1.29, 1.82) is 0 Å². The van der Waals surface area contributed by atoms with Crippen molar-refractivity contribution in [1.82, 2.24) is 9.36 Å². The van der Waals surface area contributed by atoms with Gasteiger partial charge in [-0.2, -0.15) is 0 Å². The summed E-state index contributed by atoms with van der Waals surface area (Å²) in [7, 11) is 1.75. The zero-order chi connectivity index (χ0) is 14.9. The average molecular weight is 275 g/mol. The summed E-state index contributed by atoms with van der Waals surface area (Å²) in [6, 6.07) is 8.35. The molecule has 1 aromatic heterocycles. The van der Waals surface area contributed by atoms with Crippen LogP contribution in [0.3, 0.4) is 0 Å². The summed E-state index contributed by atoms with van der Waals surface area (Å²) < 4.78 is 3.18. The van der Waals surface area contributed by atoms with Crippen LogP contribution in [0.1, 0.15) is 23.7 Å². The molecular formula is C14H17N3O3. The van der Waals surface area contributed by atoms with Crippen LogP contribution in [0.4, 0.5) is 0 Å². The zero-order valence-electron chi connectivity index (χ0n) is 11.4. The van der Waals surface area contributed by atoms with Crippen molar-refractivity contribution in [3.63, 3.8) is 0 Å². The van der Waals surface area contributed by atoms with Gasteiger partial charge in [0.1, 0.15) is 0 Å². The number of carbonyl (C=O) groups is 1. The van der Waals surface area contributed by atoms with E-state index in [0.717, 1.165) is 5.69 Å². The molecule has 1 atom stereocenters. The van der Waals surface area contributed by atoms with Gasteiger partial charge in [0.05, 0.1) is 17.7 Å². The molecule has 0 aliphatic carbocycles. The highest BCUT2D eigenvalue weighted by Crippen LogP contribution is 2.17. The van der Waals surface area contributed by atoms with E-state index in [1.54, 1.807) is 18.7 Å². The number of hydrogen-bond acceptors (Lipinski definition) is 3. The lowest BCUT2D eigenvalue weighted by molar-refractivity contribution is -0.137. The summed E-state index contributed by atoms with van der Waals surface area (Å²) >= 11 is 0. The van der Waals surface area contributed by atoms with Gasteiger partial charge in [0, 0.05) is 18.8 Å². The highest BCUT2D eigenvalue weighted by Gasteiger charge is 2.22. The molecule has 0 fully saturated rings. The molecule has 20 heavy (non-hydrogen) atoms. The SMILES string of the molecule is Cc1c(C(N)CC(=O)O)c(=O)n(-c2ccccc2)n1C. The van der Waals surface area contributed by atoms with E-state index in [1.807, 2.05) is 30.3 Å². The Morgan fingerprint density at radius 1 is 1.35 bits per heavy atom. The average Bonchev–Trinajstić information content (AvgIpc) is 2.60. The van der Waals surface area contributed by atoms with E-state index in [2.05, 4.69) is 0 Å². The lowest BCUT2D eigenvalue weighted by Gasteiger charge is -2.08. The molecule has 3 N–H and O–H groups in total. The van der Waals surface area contributed by atoms with Gasteiger partial charge in [-0.15, -0.1) is 0 Å². The number of nitrogens with two attached hydrogens (primary N) is 1. The van der Waals surface area contributed by atoms with E-state index in [0.29, 0.717) is 11.3 Å². The predicted molar refractivity (Wildman–Crippen MR) is 74.9 cm³/mol. The standard InChI is InChI=1S/C14H17N3O3/c1-9-13(11(15)8-12(18)19)14(20)17(16(9)2)10-6-4-3-5-7-10/h3-7,11H,8,15H2,1-2H3,(H,18,19). The van der Waals surface area contributed by atoms with E-state index < -0.39 is 12.0 Å². The topological polar surface area (TPSA) is 90.3 Å². The Balaban J connectivity index is 2.58. The lowest BCUT2D eigenvalue weighted by Crippen LogP contribution is -2.25. The van der Waals surface area contributed by atoms with Gasteiger partial charge in [0.15, 0.2) is 0 Å². The van der Waals surface area contributed by atoms with Gasteiger partial charge in [-0.1, -0.05) is 18.2 Å². The number of carboxylic acids is 1. The summed E-state index contributed by atoms with van der Waals surface area (Å²) in [4.78, 5) is 23.3. The molecule has 0 aliphatic rings. The van der Waals surface area contributed by atoms with Crippen LogP contribution in [0.2, 0.25) is 0 Å². The molecule has 106 valence electrons. The van der Waals surface area contributed by atoms with Crippen molar-refractivity contribution in [2.75, 3.05) is 0 Å². The molecule has 1 unspecified atom stereocenters. The summed E-state index contributed by atoms with van der Waals surface area (Å²) in [6.07, 6.45) is -0.269. The van der Waals surface area contributed by atoms with Crippen molar-refractivity contribution in [2.45, 2.75) is 19.4 Å². The maximum absolute atomic E-state index is 12.5. The zero-order valence-corrected chi connectivity index (χ0v) is 11.4. The van der Waals surface area contributed by atoms with Crippen molar-refractivity contribution in [3.8, 4) is 5.69 Å². The number of para-hydroxylation sites is 1. The molecular weight excluding hydrogens is 258 g/mol. The highest BCUT2D eigenvalue weighted by atomic mass is 16.4. The first kappa shape index (κ1) is 14.1. The van der Waals surface area contributed by atoms with E-state index >= 15 is 0 Å². The maximum atomic E-state index is 12.5. The van der Waals surface area contributed by atoms with E-state index in [9.17, 15) is 9.59 Å². The molecule has 6 heteroatoms. The fourth-order valence-electron chi connectivity index (χ4n) is 2.31. The second-order valence-electron chi connectivity index (χ2n) is 4.68. The highest BCUT2D eigenvalue weighted by molar-refractivity contribution is 5.68. The number of aromatic nitrogens is 2. The van der Waals surface area contributed by atoms with Gasteiger partial charge < -0.3 is 10.8 Å². The third-order valence-corrected chi connectivity index (χ3v) is 3.36. The van der Waals surface area contributed by atoms with Crippen molar-refractivity contribution < 1.29 is 9.90 Å². The Labute approximate surface area is 116 Å². The molecule has 1 aromatic carbocycles. The molecule has 0 spiro atoms. The summed E-state index contributed by atoms with van der Waals surface area (Å²) in [5.74, 6) is -1.02. The Morgan fingerprint density at radius 2 is 1.95 bits per heavy atom. The molecule has 0 bridgehead atoms. The quantitative estimate of drug-likeness (QED) is 0.869. The first-order valence-corrected chi connectivity index (χ1v) is 6.24. The number of nitrogens with zero attached hydrogens (tertiary/aromatic N) is 2. The van der Waals surface area contributed by atoms with Crippen LogP contribution in [0.15, 0.2) is 35.1 Å². The normalized spacial score (nSPS) is 12.3. The van der Waals surface area contributed by atoms with E-state index in [1.165, 1.54) is 4.68 Å². The number of hydrogen-bond donors (Lipinski definition) is 2. The monoisotopic (exact) mass is 275 g/mol. The second kappa shape index (κ2) is 5.34. The van der Waals surface area contributed by atoms with Crippen LogP contribution in [-0.4, -0.2) is 20.4 Å². The van der Waals surface area contributed by atoms with Crippen molar-refractivity contribution in [3.05, 3.63) is 51.9 Å². The van der Waals surface area contributed by atoms with Gasteiger partial charge in [0.2, 0.25) is 0 Å². The number of benzene rings is 1. The Hall–Kier alpha value is -2.34. The van der Waals surface area contributed by atoms with Crippen LogP contribution in [0.25, 0.3) is 5.69 Å². The minimum atomic E-state index is -1.02. The van der Waals surface area contributed by atoms with Crippen LogP contribution in [0.5, 0.6) is 0 Å².